The van der Waals surface area contributed by atoms with Crippen molar-refractivity contribution in [2.45, 2.75) is 31.0 Å². The predicted octanol–water partition coefficient (Wildman–Crippen LogP) is 0.767. The molecule has 7 nitrogen and oxygen atoms in total. The van der Waals surface area contributed by atoms with Crippen LogP contribution in [0.1, 0.15) is 12.8 Å². The summed E-state index contributed by atoms with van der Waals surface area (Å²) >= 11 is 0. The van der Waals surface area contributed by atoms with Gasteiger partial charge in [0.2, 0.25) is 0 Å². The van der Waals surface area contributed by atoms with Crippen molar-refractivity contribution in [3.63, 3.8) is 0 Å². The molecule has 0 aromatic rings. The third-order valence-electron chi connectivity index (χ3n) is 4.38. The van der Waals surface area contributed by atoms with Gasteiger partial charge in [-0.25, -0.2) is 13.6 Å². The lowest BCUT2D eigenvalue weighted by Gasteiger charge is -2.49. The number of hydrogen-bond acceptors (Lipinski definition) is 4. The number of morpholine rings is 1. The molecule has 2 amide bonds. The Morgan fingerprint density at radius 2 is 2.08 bits per heavy atom. The third kappa shape index (κ3) is 4.64. The van der Waals surface area contributed by atoms with Crippen molar-refractivity contribution in [2.24, 2.45) is 0 Å². The Labute approximate surface area is 139 Å². The maximum absolute atomic E-state index is 12.8. The Morgan fingerprint density at radius 3 is 2.62 bits per heavy atom. The van der Waals surface area contributed by atoms with Gasteiger partial charge in [-0.3, -0.25) is 9.69 Å². The van der Waals surface area contributed by atoms with Crippen LogP contribution in [0.25, 0.3) is 0 Å². The topological polar surface area (TPSA) is 82.1 Å². The zero-order valence-corrected chi connectivity index (χ0v) is 13.4. The molecule has 2 fully saturated rings. The summed E-state index contributed by atoms with van der Waals surface area (Å²) in [5.74, 6) is -0.367. The van der Waals surface area contributed by atoms with Crippen molar-refractivity contribution in [2.75, 3.05) is 39.3 Å². The number of amides is 2. The van der Waals surface area contributed by atoms with Crippen molar-refractivity contribution < 1.29 is 28.2 Å². The van der Waals surface area contributed by atoms with Crippen LogP contribution in [0.15, 0.2) is 12.7 Å². The SMILES string of the molecule is C=CCNC(=O)C1CN(CC(F)F)CC2(CCN(C(=O)O)CC2)O1. The molecule has 1 atom stereocenters. The number of carbonyl (C=O) groups excluding carboxylic acids is 1. The normalized spacial score (nSPS) is 24.1. The Bertz CT molecular complexity index is 481. The number of alkyl halides is 2. The highest BCUT2D eigenvalue weighted by Crippen LogP contribution is 2.32. The van der Waals surface area contributed by atoms with Gasteiger partial charge >= 0.3 is 6.09 Å². The van der Waals surface area contributed by atoms with Crippen molar-refractivity contribution in [3.8, 4) is 0 Å². The van der Waals surface area contributed by atoms with Crippen LogP contribution in [0.3, 0.4) is 0 Å². The van der Waals surface area contributed by atoms with Gasteiger partial charge in [0.25, 0.3) is 12.3 Å². The molecule has 24 heavy (non-hydrogen) atoms. The fraction of sp³-hybridized carbons (Fsp3) is 0.733. The summed E-state index contributed by atoms with van der Waals surface area (Å²) in [6.07, 6.45) is -2.08. The van der Waals surface area contributed by atoms with Gasteiger partial charge < -0.3 is 20.1 Å². The fourth-order valence-electron chi connectivity index (χ4n) is 3.22. The zero-order valence-electron chi connectivity index (χ0n) is 13.4. The molecule has 9 heteroatoms. The molecule has 0 radical (unpaired) electrons. The first kappa shape index (κ1) is 18.6. The van der Waals surface area contributed by atoms with E-state index in [9.17, 15) is 18.4 Å². The number of piperidine rings is 1. The molecule has 0 aliphatic carbocycles. The largest absolute Gasteiger partial charge is 0.465 e. The molecular weight excluding hydrogens is 324 g/mol. The summed E-state index contributed by atoms with van der Waals surface area (Å²) in [7, 11) is 0. The molecule has 2 saturated heterocycles. The van der Waals surface area contributed by atoms with E-state index in [1.165, 1.54) is 15.9 Å². The average Bonchev–Trinajstić information content (AvgIpc) is 2.51. The smallest absolute Gasteiger partial charge is 0.407 e. The zero-order chi connectivity index (χ0) is 17.7. The summed E-state index contributed by atoms with van der Waals surface area (Å²) in [4.78, 5) is 26.0. The highest BCUT2D eigenvalue weighted by molar-refractivity contribution is 5.81. The number of carbonyl (C=O) groups is 2. The number of likely N-dealkylation sites (tertiary alicyclic amines) is 1. The highest BCUT2D eigenvalue weighted by Gasteiger charge is 2.45. The number of nitrogens with zero attached hydrogens (tertiary/aromatic N) is 2. The van der Waals surface area contributed by atoms with E-state index >= 15 is 0 Å². The first-order valence-corrected chi connectivity index (χ1v) is 7.90. The monoisotopic (exact) mass is 347 g/mol. The number of nitrogens with one attached hydrogen (secondary N) is 1. The fourth-order valence-corrected chi connectivity index (χ4v) is 3.22. The summed E-state index contributed by atoms with van der Waals surface area (Å²) < 4.78 is 31.5. The minimum absolute atomic E-state index is 0.0950. The number of ether oxygens (including phenoxy) is 1. The Hall–Kier alpha value is -1.74. The number of carboxylic acid groups (broad SMARTS) is 1. The molecule has 2 heterocycles. The van der Waals surface area contributed by atoms with Gasteiger partial charge in [0.05, 0.1) is 12.1 Å². The van der Waals surface area contributed by atoms with Gasteiger partial charge in [0.1, 0.15) is 6.10 Å². The number of halogens is 2. The van der Waals surface area contributed by atoms with Crippen LogP contribution in [0, 0.1) is 0 Å². The molecule has 2 N–H and O–H groups in total. The molecule has 1 unspecified atom stereocenters. The second-order valence-corrected chi connectivity index (χ2v) is 6.18. The quantitative estimate of drug-likeness (QED) is 0.718. The first-order valence-electron chi connectivity index (χ1n) is 7.90. The Balaban J connectivity index is 2.07. The number of hydrogen-bond donors (Lipinski definition) is 2. The van der Waals surface area contributed by atoms with Crippen LogP contribution >= 0.6 is 0 Å². The van der Waals surface area contributed by atoms with E-state index in [0.29, 0.717) is 12.8 Å². The van der Waals surface area contributed by atoms with E-state index in [1.807, 2.05) is 0 Å². The third-order valence-corrected chi connectivity index (χ3v) is 4.38. The van der Waals surface area contributed by atoms with Crippen LogP contribution in [-0.2, 0) is 9.53 Å². The lowest BCUT2D eigenvalue weighted by molar-refractivity contribution is -0.186. The van der Waals surface area contributed by atoms with Crippen molar-refractivity contribution in [1.29, 1.82) is 0 Å². The van der Waals surface area contributed by atoms with E-state index in [1.54, 1.807) is 0 Å². The Kier molecular flexibility index (Phi) is 6.11. The molecule has 136 valence electrons. The molecule has 0 aromatic heterocycles. The van der Waals surface area contributed by atoms with Gasteiger partial charge in [0, 0.05) is 32.7 Å². The second-order valence-electron chi connectivity index (χ2n) is 6.18. The van der Waals surface area contributed by atoms with E-state index in [4.69, 9.17) is 9.84 Å². The van der Waals surface area contributed by atoms with Crippen LogP contribution in [0.4, 0.5) is 13.6 Å². The van der Waals surface area contributed by atoms with Crippen molar-refractivity contribution in [3.05, 3.63) is 12.7 Å². The second kappa shape index (κ2) is 7.89. The van der Waals surface area contributed by atoms with Crippen molar-refractivity contribution >= 4 is 12.0 Å². The summed E-state index contributed by atoms with van der Waals surface area (Å²) in [5.41, 5.74) is -0.769. The standard InChI is InChI=1S/C15H23F2N3O4/c1-2-5-18-13(21)11-8-19(9-12(16)17)10-15(24-11)3-6-20(7-4-15)14(22)23/h2,11-12H,1,3-10H2,(H,18,21)(H,22,23). The summed E-state index contributed by atoms with van der Waals surface area (Å²) in [6.45, 7) is 4.25. The van der Waals surface area contributed by atoms with Gasteiger partial charge in [-0.15, -0.1) is 6.58 Å². The van der Waals surface area contributed by atoms with Crippen LogP contribution < -0.4 is 5.32 Å². The highest BCUT2D eigenvalue weighted by atomic mass is 19.3. The van der Waals surface area contributed by atoms with Gasteiger partial charge in [-0.05, 0) is 12.8 Å². The lowest BCUT2D eigenvalue weighted by atomic mass is 9.88. The molecule has 0 aromatic carbocycles. The minimum Gasteiger partial charge on any atom is -0.465 e. The van der Waals surface area contributed by atoms with E-state index < -0.39 is 30.8 Å². The molecule has 0 saturated carbocycles. The summed E-state index contributed by atoms with van der Waals surface area (Å²) in [6, 6.07) is 0. The van der Waals surface area contributed by atoms with E-state index in [-0.39, 0.29) is 38.6 Å². The summed E-state index contributed by atoms with van der Waals surface area (Å²) in [5, 5.41) is 11.7. The minimum atomic E-state index is -2.50. The van der Waals surface area contributed by atoms with E-state index in [2.05, 4.69) is 11.9 Å². The predicted molar refractivity (Wildman–Crippen MR) is 82.1 cm³/mol. The molecular formula is C15H23F2N3O4. The first-order chi connectivity index (χ1) is 11.3. The van der Waals surface area contributed by atoms with Crippen molar-refractivity contribution in [1.82, 2.24) is 15.1 Å². The van der Waals surface area contributed by atoms with Gasteiger partial charge in [0.15, 0.2) is 0 Å². The van der Waals surface area contributed by atoms with Gasteiger partial charge in [-0.1, -0.05) is 6.08 Å². The van der Waals surface area contributed by atoms with E-state index in [0.717, 1.165) is 0 Å². The Morgan fingerprint density at radius 1 is 1.42 bits per heavy atom. The van der Waals surface area contributed by atoms with Crippen LogP contribution in [0.5, 0.6) is 0 Å². The molecule has 1 spiro atoms. The van der Waals surface area contributed by atoms with Crippen LogP contribution in [-0.4, -0.2) is 84.3 Å². The number of rotatable bonds is 5. The van der Waals surface area contributed by atoms with Crippen LogP contribution in [0.2, 0.25) is 0 Å². The molecule has 2 aliphatic heterocycles. The molecule has 2 aliphatic rings. The maximum Gasteiger partial charge on any atom is 0.407 e. The average molecular weight is 347 g/mol. The molecule has 2 rings (SSSR count). The lowest BCUT2D eigenvalue weighted by Crippen LogP contribution is -2.63. The van der Waals surface area contributed by atoms with Gasteiger partial charge in [-0.2, -0.15) is 0 Å². The molecule has 0 bridgehead atoms. The maximum atomic E-state index is 12.8.